The molecule has 3 heterocycles. The average Bonchev–Trinajstić information content (AvgIpc) is 3.34. The van der Waals surface area contributed by atoms with Crippen LogP contribution in [0, 0.1) is 11.6 Å². The van der Waals surface area contributed by atoms with Gasteiger partial charge in [-0.25, -0.2) is 8.78 Å². The van der Waals surface area contributed by atoms with E-state index in [4.69, 9.17) is 4.42 Å². The summed E-state index contributed by atoms with van der Waals surface area (Å²) in [5.41, 5.74) is 0.700. The number of hydrogen-bond acceptors (Lipinski definition) is 5. The van der Waals surface area contributed by atoms with Crippen molar-refractivity contribution in [3.8, 4) is 0 Å². The van der Waals surface area contributed by atoms with E-state index in [1.165, 1.54) is 24.2 Å². The first-order valence-electron chi connectivity index (χ1n) is 8.98. The summed E-state index contributed by atoms with van der Waals surface area (Å²) in [5.74, 6) is 0.464. The average molecular weight is 390 g/mol. The molecular weight excluding hydrogens is 370 g/mol. The van der Waals surface area contributed by atoms with Crippen LogP contribution in [0.25, 0.3) is 0 Å². The molecule has 0 amide bonds. The van der Waals surface area contributed by atoms with Crippen molar-refractivity contribution in [3.05, 3.63) is 59.6 Å². The molecule has 8 heteroatoms. The highest BCUT2D eigenvalue weighted by Gasteiger charge is 2.21. The molecule has 1 aliphatic heterocycles. The summed E-state index contributed by atoms with van der Waals surface area (Å²) < 4.78 is 34.1. The van der Waals surface area contributed by atoms with Crippen molar-refractivity contribution in [2.45, 2.75) is 36.7 Å². The number of aromatic nitrogens is 3. The van der Waals surface area contributed by atoms with Gasteiger partial charge in [-0.05, 0) is 49.1 Å². The van der Waals surface area contributed by atoms with Crippen molar-refractivity contribution < 1.29 is 13.2 Å². The van der Waals surface area contributed by atoms with Crippen LogP contribution in [-0.2, 0) is 12.3 Å². The minimum absolute atomic E-state index is 0.480. The zero-order valence-electron chi connectivity index (χ0n) is 14.8. The van der Waals surface area contributed by atoms with Crippen LogP contribution in [0.15, 0.2) is 46.2 Å². The number of nitrogens with zero attached hydrogens (tertiary/aromatic N) is 4. The number of furan rings is 1. The molecule has 0 atom stereocenters. The summed E-state index contributed by atoms with van der Waals surface area (Å²) in [5, 5.41) is 9.49. The summed E-state index contributed by atoms with van der Waals surface area (Å²) in [6.45, 7) is 2.46. The summed E-state index contributed by atoms with van der Waals surface area (Å²) in [6, 6.07) is 7.74. The van der Waals surface area contributed by atoms with Gasteiger partial charge < -0.3 is 9.32 Å². The van der Waals surface area contributed by atoms with Gasteiger partial charge in [-0.2, -0.15) is 0 Å². The molecule has 27 heavy (non-hydrogen) atoms. The highest BCUT2D eigenvalue weighted by molar-refractivity contribution is 7.98. The molecule has 2 aromatic heterocycles. The molecule has 0 unspecified atom stereocenters. The molecule has 0 N–H and O–H groups in total. The van der Waals surface area contributed by atoms with E-state index in [2.05, 4.69) is 15.1 Å². The van der Waals surface area contributed by atoms with Crippen molar-refractivity contribution in [2.75, 3.05) is 18.0 Å². The van der Waals surface area contributed by atoms with E-state index >= 15 is 0 Å². The number of anilines is 1. The Morgan fingerprint density at radius 1 is 1.04 bits per heavy atom. The fourth-order valence-corrected chi connectivity index (χ4v) is 4.07. The summed E-state index contributed by atoms with van der Waals surface area (Å²) in [6.07, 6.45) is 5.17. The maximum Gasteiger partial charge on any atom is 0.228 e. The first kappa shape index (κ1) is 18.0. The van der Waals surface area contributed by atoms with Crippen molar-refractivity contribution >= 4 is 17.7 Å². The summed E-state index contributed by atoms with van der Waals surface area (Å²) in [7, 11) is 0. The molecular formula is C19H20F2N4OS. The molecule has 1 aliphatic rings. The maximum absolute atomic E-state index is 13.4. The van der Waals surface area contributed by atoms with Gasteiger partial charge in [-0.1, -0.05) is 17.8 Å². The Hall–Kier alpha value is -2.35. The highest BCUT2D eigenvalue weighted by Crippen LogP contribution is 2.28. The van der Waals surface area contributed by atoms with E-state index in [1.54, 1.807) is 12.3 Å². The van der Waals surface area contributed by atoms with Crippen LogP contribution in [0.4, 0.5) is 14.7 Å². The lowest BCUT2D eigenvalue weighted by Crippen LogP contribution is -2.32. The van der Waals surface area contributed by atoms with E-state index in [9.17, 15) is 8.78 Å². The minimum atomic E-state index is -0.836. The van der Waals surface area contributed by atoms with Crippen LogP contribution >= 0.6 is 11.8 Å². The zero-order valence-corrected chi connectivity index (χ0v) is 15.6. The van der Waals surface area contributed by atoms with Crippen LogP contribution in [0.3, 0.4) is 0 Å². The Morgan fingerprint density at radius 2 is 1.89 bits per heavy atom. The molecule has 3 aromatic rings. The SMILES string of the molecule is Fc1ccc(CSc2nnc(N3CCCCC3)n2Cc2ccco2)cc1F. The molecule has 4 rings (SSSR count). The van der Waals surface area contributed by atoms with Crippen molar-refractivity contribution in [3.63, 3.8) is 0 Å². The lowest BCUT2D eigenvalue weighted by Gasteiger charge is -2.27. The molecule has 0 aliphatic carbocycles. The third-order valence-corrected chi connectivity index (χ3v) is 5.62. The van der Waals surface area contributed by atoms with Crippen LogP contribution in [-0.4, -0.2) is 27.9 Å². The van der Waals surface area contributed by atoms with Gasteiger partial charge in [-0.15, -0.1) is 10.2 Å². The van der Waals surface area contributed by atoms with Gasteiger partial charge in [0.15, 0.2) is 16.8 Å². The van der Waals surface area contributed by atoms with Gasteiger partial charge in [-0.3, -0.25) is 4.57 Å². The van der Waals surface area contributed by atoms with E-state index < -0.39 is 11.6 Å². The van der Waals surface area contributed by atoms with E-state index in [0.29, 0.717) is 17.9 Å². The molecule has 0 radical (unpaired) electrons. The maximum atomic E-state index is 13.4. The number of halogens is 2. The Bertz CT molecular complexity index is 891. The predicted octanol–water partition coefficient (Wildman–Crippen LogP) is 4.48. The van der Waals surface area contributed by atoms with Crippen LogP contribution in [0.5, 0.6) is 0 Å². The third-order valence-electron chi connectivity index (χ3n) is 4.58. The fourth-order valence-electron chi connectivity index (χ4n) is 3.19. The molecule has 0 bridgehead atoms. The molecule has 142 valence electrons. The largest absolute Gasteiger partial charge is 0.467 e. The van der Waals surface area contributed by atoms with Gasteiger partial charge in [0.25, 0.3) is 0 Å². The number of piperidine rings is 1. The van der Waals surface area contributed by atoms with E-state index in [0.717, 1.165) is 48.9 Å². The molecule has 0 saturated carbocycles. The smallest absolute Gasteiger partial charge is 0.228 e. The zero-order chi connectivity index (χ0) is 18.6. The lowest BCUT2D eigenvalue weighted by molar-refractivity contribution is 0.479. The Labute approximate surface area is 160 Å². The monoisotopic (exact) mass is 390 g/mol. The Kier molecular flexibility index (Phi) is 5.42. The van der Waals surface area contributed by atoms with Crippen LogP contribution in [0.1, 0.15) is 30.6 Å². The van der Waals surface area contributed by atoms with Crippen molar-refractivity contribution in [1.82, 2.24) is 14.8 Å². The lowest BCUT2D eigenvalue weighted by atomic mass is 10.1. The first-order valence-corrected chi connectivity index (χ1v) is 9.96. The highest BCUT2D eigenvalue weighted by atomic mass is 32.2. The quantitative estimate of drug-likeness (QED) is 0.581. The topological polar surface area (TPSA) is 47.1 Å². The number of benzene rings is 1. The third kappa shape index (κ3) is 4.16. The second kappa shape index (κ2) is 8.12. The fraction of sp³-hybridized carbons (Fsp3) is 0.368. The standard InChI is InChI=1S/C19H20F2N4OS/c20-16-7-6-14(11-17(16)21)13-27-19-23-22-18(24-8-2-1-3-9-24)25(19)12-15-5-4-10-26-15/h4-7,10-11H,1-3,8-9,12-13H2. The summed E-state index contributed by atoms with van der Waals surface area (Å²) in [4.78, 5) is 2.25. The van der Waals surface area contributed by atoms with Gasteiger partial charge in [0.1, 0.15) is 5.76 Å². The molecule has 1 fully saturated rings. The van der Waals surface area contributed by atoms with Gasteiger partial charge in [0.05, 0.1) is 12.8 Å². The normalized spacial score (nSPS) is 14.7. The summed E-state index contributed by atoms with van der Waals surface area (Å²) >= 11 is 1.45. The van der Waals surface area contributed by atoms with Crippen molar-refractivity contribution in [2.24, 2.45) is 0 Å². The van der Waals surface area contributed by atoms with E-state index in [1.807, 2.05) is 16.7 Å². The molecule has 5 nitrogen and oxygen atoms in total. The van der Waals surface area contributed by atoms with Crippen LogP contribution in [0.2, 0.25) is 0 Å². The number of rotatable bonds is 6. The van der Waals surface area contributed by atoms with Crippen LogP contribution < -0.4 is 4.90 Å². The molecule has 1 saturated heterocycles. The Balaban J connectivity index is 1.56. The van der Waals surface area contributed by atoms with Crippen molar-refractivity contribution in [1.29, 1.82) is 0 Å². The number of thioether (sulfide) groups is 1. The second-order valence-corrected chi connectivity index (χ2v) is 7.48. The Morgan fingerprint density at radius 3 is 2.63 bits per heavy atom. The van der Waals surface area contributed by atoms with Gasteiger partial charge in [0.2, 0.25) is 5.95 Å². The van der Waals surface area contributed by atoms with Gasteiger partial charge in [0, 0.05) is 18.8 Å². The first-order chi connectivity index (χ1) is 13.2. The minimum Gasteiger partial charge on any atom is -0.467 e. The molecule has 0 spiro atoms. The molecule has 1 aromatic carbocycles. The second-order valence-electron chi connectivity index (χ2n) is 6.53. The van der Waals surface area contributed by atoms with Gasteiger partial charge >= 0.3 is 0 Å². The number of hydrogen-bond donors (Lipinski definition) is 0. The van der Waals surface area contributed by atoms with E-state index in [-0.39, 0.29) is 0 Å². The predicted molar refractivity (Wildman–Crippen MR) is 99.8 cm³/mol.